The zero-order chi connectivity index (χ0) is 13.2. The number of carbonyl (C=O) groups excluding carboxylic acids is 2. The Balaban J connectivity index is 1.98. The van der Waals surface area contributed by atoms with Gasteiger partial charge >= 0.3 is 5.97 Å². The predicted octanol–water partition coefficient (Wildman–Crippen LogP) is 2.21. The van der Waals surface area contributed by atoms with E-state index in [-0.39, 0.29) is 29.6 Å². The van der Waals surface area contributed by atoms with Crippen LogP contribution < -0.4 is 5.32 Å². The Morgan fingerprint density at radius 1 is 1.39 bits per heavy atom. The highest BCUT2D eigenvalue weighted by molar-refractivity contribution is 5.93. The summed E-state index contributed by atoms with van der Waals surface area (Å²) in [7, 11) is 0. The second kappa shape index (κ2) is 4.80. The molecular formula is C14H17NO3. The molecule has 96 valence electrons. The molecule has 0 radical (unpaired) electrons. The second-order valence-electron chi connectivity index (χ2n) is 5.27. The minimum atomic E-state index is -0.360. The third-order valence-corrected chi connectivity index (χ3v) is 3.26. The van der Waals surface area contributed by atoms with Gasteiger partial charge in [-0.3, -0.25) is 9.59 Å². The second-order valence-corrected chi connectivity index (χ2v) is 5.27. The Morgan fingerprint density at radius 2 is 2.06 bits per heavy atom. The topological polar surface area (TPSA) is 55.4 Å². The molecule has 1 atom stereocenters. The van der Waals surface area contributed by atoms with E-state index in [1.54, 1.807) is 0 Å². The normalized spacial score (nSPS) is 21.4. The van der Waals surface area contributed by atoms with Gasteiger partial charge in [0.15, 0.2) is 0 Å². The van der Waals surface area contributed by atoms with Crippen molar-refractivity contribution in [3.05, 3.63) is 30.3 Å². The van der Waals surface area contributed by atoms with Crippen molar-refractivity contribution in [3.63, 3.8) is 0 Å². The number of hydrogen-bond acceptors (Lipinski definition) is 3. The number of carbonyl (C=O) groups is 2. The van der Waals surface area contributed by atoms with E-state index in [1.165, 1.54) is 0 Å². The molecule has 1 aliphatic rings. The van der Waals surface area contributed by atoms with Gasteiger partial charge < -0.3 is 10.1 Å². The minimum Gasteiger partial charge on any atom is -0.465 e. The first-order valence-corrected chi connectivity index (χ1v) is 6.00. The van der Waals surface area contributed by atoms with Crippen LogP contribution in [0.4, 0.5) is 5.69 Å². The summed E-state index contributed by atoms with van der Waals surface area (Å²) in [5, 5.41) is 2.78. The average molecular weight is 247 g/mol. The van der Waals surface area contributed by atoms with Gasteiger partial charge in [0.2, 0.25) is 5.91 Å². The van der Waals surface area contributed by atoms with E-state index in [0.29, 0.717) is 6.61 Å². The van der Waals surface area contributed by atoms with Gasteiger partial charge in [0.1, 0.15) is 0 Å². The summed E-state index contributed by atoms with van der Waals surface area (Å²) in [6.07, 6.45) is 0.167. The standard InChI is InChI=1S/C14H17NO3/c1-14(2)9-18-13(17)11(14)8-12(16)15-10-6-4-3-5-7-10/h3-7,11H,8-9H2,1-2H3,(H,15,16)/t11-/m1/s1. The van der Waals surface area contributed by atoms with Gasteiger partial charge in [-0.1, -0.05) is 32.0 Å². The Bertz CT molecular complexity index is 453. The van der Waals surface area contributed by atoms with Crippen molar-refractivity contribution in [2.45, 2.75) is 20.3 Å². The lowest BCUT2D eigenvalue weighted by atomic mass is 9.79. The predicted molar refractivity (Wildman–Crippen MR) is 67.9 cm³/mol. The van der Waals surface area contributed by atoms with E-state index in [2.05, 4.69) is 5.32 Å². The van der Waals surface area contributed by atoms with Gasteiger partial charge in [0.25, 0.3) is 0 Å². The van der Waals surface area contributed by atoms with Crippen molar-refractivity contribution in [3.8, 4) is 0 Å². The lowest BCUT2D eigenvalue weighted by Gasteiger charge is -2.21. The third-order valence-electron chi connectivity index (χ3n) is 3.26. The maximum absolute atomic E-state index is 11.9. The summed E-state index contributed by atoms with van der Waals surface area (Å²) in [5.74, 6) is -0.789. The van der Waals surface area contributed by atoms with Gasteiger partial charge in [0, 0.05) is 17.5 Å². The van der Waals surface area contributed by atoms with Gasteiger partial charge in [-0.05, 0) is 12.1 Å². The molecule has 0 saturated carbocycles. The smallest absolute Gasteiger partial charge is 0.310 e. The van der Waals surface area contributed by atoms with Crippen LogP contribution in [0.1, 0.15) is 20.3 Å². The van der Waals surface area contributed by atoms with E-state index >= 15 is 0 Å². The first-order valence-electron chi connectivity index (χ1n) is 6.00. The van der Waals surface area contributed by atoms with Gasteiger partial charge in [-0.15, -0.1) is 0 Å². The lowest BCUT2D eigenvalue weighted by Crippen LogP contribution is -2.28. The molecule has 0 unspecified atom stereocenters. The van der Waals surface area contributed by atoms with E-state index in [1.807, 2.05) is 44.2 Å². The van der Waals surface area contributed by atoms with Crippen LogP contribution in [0.3, 0.4) is 0 Å². The maximum Gasteiger partial charge on any atom is 0.310 e. The number of benzene rings is 1. The Labute approximate surface area is 106 Å². The first-order chi connectivity index (χ1) is 8.49. The molecule has 1 amide bonds. The molecule has 1 aliphatic heterocycles. The Morgan fingerprint density at radius 3 is 2.61 bits per heavy atom. The van der Waals surface area contributed by atoms with Crippen LogP contribution in [0.25, 0.3) is 0 Å². The van der Waals surface area contributed by atoms with Gasteiger partial charge in [0.05, 0.1) is 12.5 Å². The van der Waals surface area contributed by atoms with Crippen LogP contribution in [-0.4, -0.2) is 18.5 Å². The fourth-order valence-electron chi connectivity index (χ4n) is 2.06. The first kappa shape index (κ1) is 12.6. The summed E-state index contributed by atoms with van der Waals surface area (Å²) < 4.78 is 5.01. The molecule has 0 spiro atoms. The fourth-order valence-corrected chi connectivity index (χ4v) is 2.06. The quantitative estimate of drug-likeness (QED) is 0.833. The number of rotatable bonds is 3. The fraction of sp³-hybridized carbons (Fsp3) is 0.429. The summed E-state index contributed by atoms with van der Waals surface area (Å²) in [5.41, 5.74) is 0.470. The highest BCUT2D eigenvalue weighted by Crippen LogP contribution is 2.36. The molecule has 2 rings (SSSR count). The zero-order valence-corrected chi connectivity index (χ0v) is 10.6. The average Bonchev–Trinajstić information content (AvgIpc) is 2.57. The van der Waals surface area contributed by atoms with Crippen LogP contribution in [0, 0.1) is 11.3 Å². The molecule has 1 heterocycles. The molecule has 4 nitrogen and oxygen atoms in total. The van der Waals surface area contributed by atoms with Crippen molar-refractivity contribution in [1.82, 2.24) is 0 Å². The van der Waals surface area contributed by atoms with Crippen molar-refractivity contribution < 1.29 is 14.3 Å². The highest BCUT2D eigenvalue weighted by Gasteiger charge is 2.44. The molecule has 0 bridgehead atoms. The van der Waals surface area contributed by atoms with Crippen LogP contribution >= 0.6 is 0 Å². The molecule has 1 aromatic rings. The molecule has 1 aromatic carbocycles. The molecule has 0 aliphatic carbocycles. The van der Waals surface area contributed by atoms with Crippen molar-refractivity contribution in [2.75, 3.05) is 11.9 Å². The number of nitrogens with one attached hydrogen (secondary N) is 1. The summed E-state index contributed by atoms with van der Waals surface area (Å²) in [4.78, 5) is 23.5. The molecular weight excluding hydrogens is 230 g/mol. The SMILES string of the molecule is CC1(C)COC(=O)[C@H]1CC(=O)Nc1ccccc1. The number of esters is 1. The molecule has 4 heteroatoms. The number of para-hydroxylation sites is 1. The zero-order valence-electron chi connectivity index (χ0n) is 10.6. The number of ether oxygens (including phenoxy) is 1. The van der Waals surface area contributed by atoms with Crippen LogP contribution in [0.2, 0.25) is 0 Å². The van der Waals surface area contributed by atoms with Gasteiger partial charge in [-0.25, -0.2) is 0 Å². The van der Waals surface area contributed by atoms with E-state index in [9.17, 15) is 9.59 Å². The summed E-state index contributed by atoms with van der Waals surface area (Å²) >= 11 is 0. The molecule has 1 N–H and O–H groups in total. The number of cyclic esters (lactones) is 1. The maximum atomic E-state index is 11.9. The van der Waals surface area contributed by atoms with Crippen molar-refractivity contribution in [1.29, 1.82) is 0 Å². The van der Waals surface area contributed by atoms with Crippen LogP contribution in [0.15, 0.2) is 30.3 Å². The highest BCUT2D eigenvalue weighted by atomic mass is 16.5. The molecule has 1 saturated heterocycles. The van der Waals surface area contributed by atoms with Crippen molar-refractivity contribution >= 4 is 17.6 Å². The van der Waals surface area contributed by atoms with Gasteiger partial charge in [-0.2, -0.15) is 0 Å². The Kier molecular flexibility index (Phi) is 3.36. The third kappa shape index (κ3) is 2.70. The number of anilines is 1. The van der Waals surface area contributed by atoms with Crippen LogP contribution in [-0.2, 0) is 14.3 Å². The number of hydrogen-bond donors (Lipinski definition) is 1. The number of amides is 1. The Hall–Kier alpha value is -1.84. The van der Waals surface area contributed by atoms with E-state index in [4.69, 9.17) is 4.74 Å². The lowest BCUT2D eigenvalue weighted by molar-refractivity contribution is -0.142. The summed E-state index contributed by atoms with van der Waals surface area (Å²) in [6, 6.07) is 9.21. The minimum absolute atomic E-state index is 0.155. The monoisotopic (exact) mass is 247 g/mol. The van der Waals surface area contributed by atoms with E-state index < -0.39 is 0 Å². The van der Waals surface area contributed by atoms with Crippen LogP contribution in [0.5, 0.6) is 0 Å². The molecule has 0 aromatic heterocycles. The summed E-state index contributed by atoms with van der Waals surface area (Å²) in [6.45, 7) is 4.27. The van der Waals surface area contributed by atoms with Crippen molar-refractivity contribution in [2.24, 2.45) is 11.3 Å². The molecule has 18 heavy (non-hydrogen) atoms. The van der Waals surface area contributed by atoms with E-state index in [0.717, 1.165) is 5.69 Å². The molecule has 1 fully saturated rings. The largest absolute Gasteiger partial charge is 0.465 e.